The van der Waals surface area contributed by atoms with Crippen LogP contribution in [0.2, 0.25) is 0 Å². The first-order valence-electron chi connectivity index (χ1n) is 30.0. The van der Waals surface area contributed by atoms with Gasteiger partial charge < -0.3 is 153 Å². The number of aliphatic hydroxyl groups excluding tert-OH is 7. The van der Waals surface area contributed by atoms with Crippen molar-refractivity contribution < 1.29 is 289 Å². The number of amides is 6. The number of aliphatic carboxylic acids is 2. The van der Waals surface area contributed by atoms with E-state index in [9.17, 15) is 105 Å². The third-order valence-electron chi connectivity index (χ3n) is 15.2. The minimum atomic E-state index is -5.96. The van der Waals surface area contributed by atoms with Crippen LogP contribution in [0.1, 0.15) is 46.0 Å². The van der Waals surface area contributed by atoms with E-state index in [1.165, 1.54) is 0 Å². The molecule has 0 radical (unpaired) electrons. The molecule has 6 amide bonds. The number of carbonyl (C=O) groups excluding carboxylic acids is 7. The zero-order valence-electron chi connectivity index (χ0n) is 55.4. The van der Waals surface area contributed by atoms with Crippen molar-refractivity contribution in [2.45, 2.75) is 186 Å². The minimum absolute atomic E-state index is 0. The van der Waals surface area contributed by atoms with Crippen LogP contribution >= 0.6 is 11.8 Å². The van der Waals surface area contributed by atoms with E-state index in [0.717, 1.165) is 38.9 Å². The number of fused-ring (bicyclic) bond motifs is 1. The largest absolute Gasteiger partial charge is 1.00 e. The summed E-state index contributed by atoms with van der Waals surface area (Å²) in [6.45, 7) is 0.243. The SMILES string of the molecule is CC(=O)N[C@H]1[C@H](O[C@H]2[C@H](O)[C@@H](O)[C@H](O[C@@H]3[C@@H](NC(C)=O)[C@H](O[C@H]4[C@H](O)[C@@H](O)[C@H](OCCNC(=O)CCOCCOCCOCCOCCNC(=O)CCCC[C@@H]5SC[C@@H]6NC(=O)N[C@@H]65)O[C@@H]4C(=O)[O-])O[C@H](CO)[C@@H]3OS(=O)(=O)[O-])O[C@@H]2C(=O)[O-])O[C@H](CO)[C@H](OS(=O)(=O)[O-])[C@@H]1O.[Na+].[Na+].[Na+].[Na+]. The van der Waals surface area contributed by atoms with Crippen molar-refractivity contribution in [3.05, 3.63) is 0 Å². The molecule has 0 aliphatic carbocycles. The first kappa shape index (κ1) is 95.5. The zero-order valence-corrected chi connectivity index (χ0v) is 65.9. The molecule has 0 bridgehead atoms. The fourth-order valence-corrected chi connectivity index (χ4v) is 13.4. The van der Waals surface area contributed by atoms with E-state index in [4.69, 9.17) is 56.8 Å². The van der Waals surface area contributed by atoms with Gasteiger partial charge in [0.05, 0.1) is 96.7 Å². The molecule has 0 spiro atoms. The number of aliphatic hydroxyl groups is 7. The van der Waals surface area contributed by atoms with Crippen molar-refractivity contribution in [1.82, 2.24) is 31.9 Å². The number of unbranched alkanes of at least 4 members (excludes halogenated alkanes) is 1. The minimum Gasteiger partial charge on any atom is -0.726 e. The number of carboxylic acid groups (broad SMARTS) is 2. The third-order valence-corrected chi connectivity index (χ3v) is 17.7. The van der Waals surface area contributed by atoms with E-state index in [2.05, 4.69) is 40.3 Å². The zero-order chi connectivity index (χ0) is 70.6. The van der Waals surface area contributed by atoms with E-state index in [0.29, 0.717) is 38.0 Å². The number of hydrogen-bond donors (Lipinski definition) is 13. The second-order valence-electron chi connectivity index (χ2n) is 22.2. The number of hydrogen-bond acceptors (Lipinski definition) is 37. The summed E-state index contributed by atoms with van der Waals surface area (Å²) in [4.78, 5) is 86.4. The second kappa shape index (κ2) is 46.7. The number of thioether (sulfide) groups is 1. The molecule has 0 saturated carbocycles. The van der Waals surface area contributed by atoms with Crippen molar-refractivity contribution in [2.75, 3.05) is 91.5 Å². The average Bonchev–Trinajstić information content (AvgIpc) is 1.75. The number of ether oxygens (including phenoxy) is 12. The molecule has 6 aliphatic rings. The average molecular weight is 1540 g/mol. The summed E-state index contributed by atoms with van der Waals surface area (Å²) in [6.07, 6.45) is -40.3. The molecule has 0 aromatic rings. The summed E-state index contributed by atoms with van der Waals surface area (Å²) in [5.41, 5.74) is 0. The Labute approximate surface area is 666 Å². The Morgan fingerprint density at radius 1 is 0.540 bits per heavy atom. The maximum Gasteiger partial charge on any atom is 1.00 e. The Morgan fingerprint density at radius 2 is 0.990 bits per heavy atom. The second-order valence-corrected chi connectivity index (χ2v) is 25.5. The van der Waals surface area contributed by atoms with E-state index in [1.54, 1.807) is 0 Å². The summed E-state index contributed by atoms with van der Waals surface area (Å²) >= 11 is 1.84. The molecule has 6 aliphatic heterocycles. The standard InChI is InChI=1S/C51H84N6O36S3.4Na/c1-22(60)54-31-33(64)38(92-95(74,75)76)25(19-58)85-47(31)88-42-35(66)37(68)50(91-44(42)46(71)72)87-40-32(55-23(2)61)48(86-26(20-59)39(40)93-96(77,78)79)89-41-34(65)36(67)49(90-43(41)45(69)70)84-12-9-53-29(63)7-10-80-13-15-82-17-18-83-16-14-81-11-8-52-28(62)6-4-3-5-27-30-24(21-94-27)56-51(73)57-30;;;;/h24-27,30-44,47-50,58-59,64-68H,3-21H2,1-2H3,(H,52,62)(H,53,63)(H,54,60)(H,55,61)(H,69,70)(H,71,72)(H2,56,57,73)(H,74,75,76)(H,77,78,79);;;;/q;4*+1/p-4/t24-,25+,26+,27-,30-,31+,32+,33+,34+,35+,36+,37+,38-,39-,40+,41-,42-,43-,44-,47-,48-,49+,50+;;;;/m0..../s1. The molecular weight excluding hydrogens is 1460 g/mol. The van der Waals surface area contributed by atoms with Gasteiger partial charge in [0.25, 0.3) is 0 Å². The number of rotatable bonds is 40. The molecule has 6 rings (SSSR count). The van der Waals surface area contributed by atoms with Gasteiger partial charge in [0, 0.05) is 50.8 Å². The first-order chi connectivity index (χ1) is 45.4. The summed E-state index contributed by atoms with van der Waals surface area (Å²) in [5.74, 6) is -6.36. The number of carboxylic acids is 2. The van der Waals surface area contributed by atoms with E-state index >= 15 is 0 Å². The number of urea groups is 1. The molecule has 100 heavy (non-hydrogen) atoms. The van der Waals surface area contributed by atoms with Crippen LogP contribution in [-0.2, 0) is 115 Å². The van der Waals surface area contributed by atoms with Crippen molar-refractivity contribution in [1.29, 1.82) is 0 Å². The molecule has 49 heteroatoms. The topological polar surface area (TPSA) is 623 Å². The van der Waals surface area contributed by atoms with Crippen LogP contribution in [0.5, 0.6) is 0 Å². The van der Waals surface area contributed by atoms with Gasteiger partial charge in [-0.05, 0) is 12.8 Å². The van der Waals surface area contributed by atoms with Gasteiger partial charge in [-0.3, -0.25) is 27.5 Å². The predicted octanol–water partition coefficient (Wildman–Crippen LogP) is -24.5. The number of nitrogens with one attached hydrogen (secondary N) is 6. The smallest absolute Gasteiger partial charge is 0.726 e. The molecule has 552 valence electrons. The van der Waals surface area contributed by atoms with Crippen LogP contribution < -0.4 is 160 Å². The Kier molecular flexibility index (Phi) is 44.6. The quantitative estimate of drug-likeness (QED) is 0.00891. The summed E-state index contributed by atoms with van der Waals surface area (Å²) < 4.78 is 146. The summed E-state index contributed by atoms with van der Waals surface area (Å²) in [7, 11) is -11.6. The van der Waals surface area contributed by atoms with Gasteiger partial charge in [0.1, 0.15) is 97.5 Å². The van der Waals surface area contributed by atoms with Crippen LogP contribution in [0.4, 0.5) is 4.79 Å². The van der Waals surface area contributed by atoms with Crippen LogP contribution in [0.3, 0.4) is 0 Å². The van der Waals surface area contributed by atoms with Gasteiger partial charge in [-0.25, -0.2) is 21.6 Å². The molecule has 13 N–H and O–H groups in total. The monoisotopic (exact) mass is 1540 g/mol. The van der Waals surface area contributed by atoms with Crippen molar-refractivity contribution >= 4 is 74.2 Å². The van der Waals surface area contributed by atoms with Crippen LogP contribution in [0, 0.1) is 0 Å². The molecule has 0 aromatic heterocycles. The van der Waals surface area contributed by atoms with Gasteiger partial charge in [-0.1, -0.05) is 6.42 Å². The normalized spacial score (nSPS) is 33.3. The molecule has 0 unspecified atom stereocenters. The van der Waals surface area contributed by atoms with Crippen molar-refractivity contribution in [2.24, 2.45) is 0 Å². The maximum atomic E-state index is 12.8. The Morgan fingerprint density at radius 3 is 1.51 bits per heavy atom. The first-order valence-corrected chi connectivity index (χ1v) is 33.7. The molecule has 0 aromatic carbocycles. The van der Waals surface area contributed by atoms with E-state index in [-0.39, 0.29) is 188 Å². The Bertz CT molecular complexity index is 2800. The van der Waals surface area contributed by atoms with Crippen LogP contribution in [0.15, 0.2) is 0 Å². The molecule has 6 heterocycles. The van der Waals surface area contributed by atoms with Crippen molar-refractivity contribution in [3.8, 4) is 0 Å². The molecule has 23 atom stereocenters. The molecule has 6 fully saturated rings. The van der Waals surface area contributed by atoms with E-state index < -0.39 is 193 Å². The number of carbonyl (C=O) groups is 7. The maximum absolute atomic E-state index is 12.8. The van der Waals surface area contributed by atoms with Gasteiger partial charge >= 0.3 is 124 Å². The molecular formula is C51H80N6Na4O36S3. The summed E-state index contributed by atoms with van der Waals surface area (Å²) in [5, 5.41) is 118. The van der Waals surface area contributed by atoms with Crippen molar-refractivity contribution in [3.63, 3.8) is 0 Å². The van der Waals surface area contributed by atoms with Gasteiger partial charge in [-0.2, -0.15) is 11.8 Å². The van der Waals surface area contributed by atoms with Gasteiger partial charge in [0.15, 0.2) is 25.2 Å². The Balaban J connectivity index is 0.00000850. The fraction of sp³-hybridized carbons (Fsp3) is 0.863. The fourth-order valence-electron chi connectivity index (χ4n) is 10.9. The van der Waals surface area contributed by atoms with Crippen LogP contribution in [0.25, 0.3) is 0 Å². The predicted molar refractivity (Wildman–Crippen MR) is 302 cm³/mol. The van der Waals surface area contributed by atoms with E-state index in [1.807, 2.05) is 11.8 Å². The summed E-state index contributed by atoms with van der Waals surface area (Å²) in [6, 6.07) is -4.10. The Hall–Kier alpha value is -0.580. The van der Waals surface area contributed by atoms with Crippen LogP contribution in [-0.4, -0.2) is 335 Å². The van der Waals surface area contributed by atoms with Gasteiger partial charge in [0.2, 0.25) is 44.4 Å². The molecule has 6 saturated heterocycles. The third kappa shape index (κ3) is 29.8. The van der Waals surface area contributed by atoms with Gasteiger partial charge in [-0.15, -0.1) is 0 Å². The molecule has 42 nitrogen and oxygen atoms in total.